The molecular formula is C12H10BrN5S2. The summed E-state index contributed by atoms with van der Waals surface area (Å²) < 4.78 is 2.66. The van der Waals surface area contributed by atoms with E-state index in [1.165, 1.54) is 18.1 Å². The number of nitrogens with zero attached hydrogens (tertiary/aromatic N) is 4. The Kier molecular flexibility index (Phi) is 5.52. The van der Waals surface area contributed by atoms with Gasteiger partial charge < -0.3 is 0 Å². The summed E-state index contributed by atoms with van der Waals surface area (Å²) in [5.41, 5.74) is 4.16. The molecule has 0 saturated carbocycles. The van der Waals surface area contributed by atoms with E-state index in [0.717, 1.165) is 10.0 Å². The van der Waals surface area contributed by atoms with Crippen molar-refractivity contribution in [3.63, 3.8) is 0 Å². The van der Waals surface area contributed by atoms with Crippen LogP contribution in [0.4, 0.5) is 0 Å². The van der Waals surface area contributed by atoms with E-state index in [-0.39, 0.29) is 0 Å². The van der Waals surface area contributed by atoms with Crippen molar-refractivity contribution in [3.8, 4) is 6.07 Å². The van der Waals surface area contributed by atoms with Gasteiger partial charge in [-0.2, -0.15) is 5.26 Å². The van der Waals surface area contributed by atoms with Crippen LogP contribution in [0, 0.1) is 11.3 Å². The molecule has 0 amide bonds. The van der Waals surface area contributed by atoms with E-state index in [4.69, 9.17) is 17.5 Å². The Labute approximate surface area is 134 Å². The largest absolute Gasteiger partial charge is 0.284 e. The molecule has 0 radical (unpaired) electrons. The minimum absolute atomic E-state index is 0.319. The topological polar surface area (TPSA) is 66.5 Å². The van der Waals surface area contributed by atoms with Crippen LogP contribution in [-0.4, -0.2) is 25.6 Å². The number of aromatic nitrogens is 3. The van der Waals surface area contributed by atoms with E-state index in [0.29, 0.717) is 22.3 Å². The number of thioether (sulfide) groups is 1. The highest BCUT2D eigenvalue weighted by atomic mass is 79.9. The Hall–Kier alpha value is -1.43. The van der Waals surface area contributed by atoms with Crippen LogP contribution in [-0.2, 0) is 6.42 Å². The molecule has 0 unspecified atom stereocenters. The number of nitrogens with one attached hydrogen (secondary N) is 1. The summed E-state index contributed by atoms with van der Waals surface area (Å²) in [5, 5.41) is 16.9. The van der Waals surface area contributed by atoms with Gasteiger partial charge in [0.05, 0.1) is 16.8 Å². The van der Waals surface area contributed by atoms with E-state index in [2.05, 4.69) is 31.6 Å². The van der Waals surface area contributed by atoms with Crippen LogP contribution in [0.2, 0.25) is 0 Å². The lowest BCUT2D eigenvalue weighted by Gasteiger charge is -2.10. The summed E-state index contributed by atoms with van der Waals surface area (Å²) in [5.74, 6) is 0.319. The van der Waals surface area contributed by atoms with Gasteiger partial charge in [0.15, 0.2) is 0 Å². The molecule has 0 spiro atoms. The Morgan fingerprint density at radius 3 is 2.90 bits per heavy atom. The molecule has 1 aromatic carbocycles. The smallest absolute Gasteiger partial charge is 0.211 e. The van der Waals surface area contributed by atoms with Gasteiger partial charge >= 0.3 is 0 Å². The van der Waals surface area contributed by atoms with Crippen LogP contribution in [0.1, 0.15) is 5.56 Å². The molecule has 0 aliphatic rings. The molecule has 0 atom stereocenters. The van der Waals surface area contributed by atoms with Gasteiger partial charge in [0, 0.05) is 10.9 Å². The second kappa shape index (κ2) is 7.38. The maximum Gasteiger partial charge on any atom is 0.211 e. The van der Waals surface area contributed by atoms with Gasteiger partial charge in [0.1, 0.15) is 6.33 Å². The highest BCUT2D eigenvalue weighted by molar-refractivity contribution is 9.10. The quantitative estimate of drug-likeness (QED) is 0.647. The Bertz CT molecular complexity index is 632. The summed E-state index contributed by atoms with van der Waals surface area (Å²) in [6, 6.07) is 10.0. The lowest BCUT2D eigenvalue weighted by atomic mass is 10.1. The average molecular weight is 368 g/mol. The lowest BCUT2D eigenvalue weighted by molar-refractivity contribution is 0.831. The molecular weight excluding hydrogens is 358 g/mol. The summed E-state index contributed by atoms with van der Waals surface area (Å²) in [6.07, 6.45) is 2.16. The average Bonchev–Trinajstić information content (AvgIpc) is 2.86. The van der Waals surface area contributed by atoms with Gasteiger partial charge in [-0.15, -0.1) is 10.2 Å². The first-order valence-electron chi connectivity index (χ1n) is 5.63. The van der Waals surface area contributed by atoms with Crippen molar-refractivity contribution >= 4 is 44.9 Å². The molecule has 0 aliphatic carbocycles. The maximum absolute atomic E-state index is 8.58. The van der Waals surface area contributed by atoms with Gasteiger partial charge in [-0.3, -0.25) is 5.43 Å². The van der Waals surface area contributed by atoms with Crippen molar-refractivity contribution in [2.75, 3.05) is 11.2 Å². The number of thiocarbonyl (C=S) groups is 1. The van der Waals surface area contributed by atoms with E-state index in [1.54, 1.807) is 4.68 Å². The first-order valence-corrected chi connectivity index (χ1v) is 7.82. The molecule has 2 rings (SSSR count). The van der Waals surface area contributed by atoms with Crippen LogP contribution in [0.25, 0.3) is 0 Å². The fourth-order valence-electron chi connectivity index (χ4n) is 1.46. The molecule has 2 aromatic rings. The van der Waals surface area contributed by atoms with Crippen LogP contribution in [0.5, 0.6) is 0 Å². The summed E-state index contributed by atoms with van der Waals surface area (Å²) in [4.78, 5) is 0.658. The number of hydrogen-bond donors (Lipinski definition) is 1. The zero-order valence-electron chi connectivity index (χ0n) is 10.3. The van der Waals surface area contributed by atoms with Gasteiger partial charge in [-0.1, -0.05) is 52.0 Å². The highest BCUT2D eigenvalue weighted by Crippen LogP contribution is 2.13. The molecule has 1 aromatic heterocycles. The standard InChI is InChI=1S/C12H10BrN5S2/c13-10-3-1-9(2-4-10)7-11(19)17-18-8-15-16-12(18)20-6-5-14/h1-4,8H,6-7H2,(H,17,19). The van der Waals surface area contributed by atoms with Gasteiger partial charge in [0.2, 0.25) is 5.16 Å². The minimum Gasteiger partial charge on any atom is -0.284 e. The third-order valence-electron chi connectivity index (χ3n) is 2.31. The predicted molar refractivity (Wildman–Crippen MR) is 86.2 cm³/mol. The summed E-state index contributed by atoms with van der Waals surface area (Å²) in [7, 11) is 0. The zero-order valence-corrected chi connectivity index (χ0v) is 13.5. The molecule has 102 valence electrons. The first kappa shape index (κ1) is 15.0. The fraction of sp³-hybridized carbons (Fsp3) is 0.167. The van der Waals surface area contributed by atoms with Gasteiger partial charge in [-0.25, -0.2) is 4.68 Å². The molecule has 1 N–H and O–H groups in total. The monoisotopic (exact) mass is 367 g/mol. The van der Waals surface area contributed by atoms with E-state index in [9.17, 15) is 0 Å². The SMILES string of the molecule is N#CCSc1nncn1NC(=S)Cc1ccc(Br)cc1. The summed E-state index contributed by atoms with van der Waals surface area (Å²) >= 11 is 10.0. The number of halogens is 1. The minimum atomic E-state index is 0.319. The lowest BCUT2D eigenvalue weighted by Crippen LogP contribution is -2.23. The number of nitriles is 1. The molecule has 0 fully saturated rings. The third kappa shape index (κ3) is 4.30. The Morgan fingerprint density at radius 2 is 2.20 bits per heavy atom. The number of rotatable bonds is 5. The highest BCUT2D eigenvalue weighted by Gasteiger charge is 2.06. The van der Waals surface area contributed by atoms with Crippen molar-refractivity contribution < 1.29 is 0 Å². The first-order chi connectivity index (χ1) is 9.69. The molecule has 1 heterocycles. The van der Waals surface area contributed by atoms with Gasteiger partial charge in [0.25, 0.3) is 0 Å². The Morgan fingerprint density at radius 1 is 1.45 bits per heavy atom. The number of benzene rings is 1. The van der Waals surface area contributed by atoms with Crippen LogP contribution in [0.15, 0.2) is 40.2 Å². The predicted octanol–water partition coefficient (Wildman–Crippen LogP) is 2.77. The second-order valence-electron chi connectivity index (χ2n) is 3.77. The van der Waals surface area contributed by atoms with Crippen molar-refractivity contribution in [1.82, 2.24) is 14.9 Å². The van der Waals surface area contributed by atoms with Crippen LogP contribution >= 0.6 is 39.9 Å². The summed E-state index contributed by atoms with van der Waals surface area (Å²) in [6.45, 7) is 0. The molecule has 5 nitrogen and oxygen atoms in total. The molecule has 0 bridgehead atoms. The zero-order chi connectivity index (χ0) is 14.4. The number of hydrogen-bond acceptors (Lipinski definition) is 5. The van der Waals surface area contributed by atoms with Crippen molar-refractivity contribution in [2.45, 2.75) is 11.6 Å². The van der Waals surface area contributed by atoms with Crippen molar-refractivity contribution in [1.29, 1.82) is 5.26 Å². The van der Waals surface area contributed by atoms with Crippen LogP contribution < -0.4 is 5.43 Å². The molecule has 20 heavy (non-hydrogen) atoms. The normalized spacial score (nSPS) is 10.0. The van der Waals surface area contributed by atoms with Gasteiger partial charge in [-0.05, 0) is 17.7 Å². The van der Waals surface area contributed by atoms with Crippen molar-refractivity contribution in [3.05, 3.63) is 40.6 Å². The maximum atomic E-state index is 8.58. The van der Waals surface area contributed by atoms with E-state index >= 15 is 0 Å². The molecule has 0 aliphatic heterocycles. The second-order valence-corrected chi connectivity index (χ2v) is 6.12. The van der Waals surface area contributed by atoms with Crippen molar-refractivity contribution in [2.24, 2.45) is 0 Å². The molecule has 0 saturated heterocycles. The molecule has 8 heteroatoms. The van der Waals surface area contributed by atoms with Crippen LogP contribution in [0.3, 0.4) is 0 Å². The van der Waals surface area contributed by atoms with E-state index in [1.807, 2.05) is 30.3 Å². The Balaban J connectivity index is 1.96. The van der Waals surface area contributed by atoms with E-state index < -0.39 is 0 Å². The third-order valence-corrected chi connectivity index (χ3v) is 3.88. The fourth-order valence-corrected chi connectivity index (χ4v) is 2.52.